The molecule has 1 heterocycles. The average Bonchev–Trinajstić information content (AvgIpc) is 2.40. The van der Waals surface area contributed by atoms with Crippen LogP contribution in [0, 0.1) is 0 Å². The predicted molar refractivity (Wildman–Crippen MR) is 77.6 cm³/mol. The molecule has 0 saturated heterocycles. The molecule has 1 aromatic heterocycles. The number of hydrogen-bond acceptors (Lipinski definition) is 5. The van der Waals surface area contributed by atoms with Crippen molar-refractivity contribution in [1.82, 2.24) is 10.3 Å². The van der Waals surface area contributed by atoms with E-state index in [4.69, 9.17) is 5.11 Å². The summed E-state index contributed by atoms with van der Waals surface area (Å²) in [6.45, 7) is 0.237. The Bertz CT molecular complexity index is 652. The molecule has 0 bridgehead atoms. The molecule has 0 aliphatic heterocycles. The maximum Gasteiger partial charge on any atom is 0.328 e. The Morgan fingerprint density at radius 3 is 2.71 bits per heavy atom. The highest BCUT2D eigenvalue weighted by atomic mass is 32.2. The summed E-state index contributed by atoms with van der Waals surface area (Å²) in [5.74, 6) is -1.47. The van der Waals surface area contributed by atoms with E-state index in [9.17, 15) is 18.0 Å². The Kier molecular flexibility index (Phi) is 6.04. The number of sulfone groups is 1. The third-order valence-corrected chi connectivity index (χ3v) is 3.45. The number of carboxylic acids is 1. The van der Waals surface area contributed by atoms with Crippen molar-refractivity contribution < 1.29 is 23.1 Å². The van der Waals surface area contributed by atoms with Gasteiger partial charge in [0, 0.05) is 31.3 Å². The summed E-state index contributed by atoms with van der Waals surface area (Å²) in [5, 5.41) is 11.1. The lowest BCUT2D eigenvalue weighted by atomic mass is 10.2. The smallest absolute Gasteiger partial charge is 0.328 e. The Morgan fingerprint density at radius 1 is 1.38 bits per heavy atom. The molecule has 21 heavy (non-hydrogen) atoms. The molecule has 1 amide bonds. The first kappa shape index (κ1) is 16.8. The molecule has 1 rings (SSSR count). The van der Waals surface area contributed by atoms with E-state index in [1.54, 1.807) is 0 Å². The van der Waals surface area contributed by atoms with Gasteiger partial charge in [-0.1, -0.05) is 0 Å². The summed E-state index contributed by atoms with van der Waals surface area (Å²) < 4.78 is 21.9. The van der Waals surface area contributed by atoms with Gasteiger partial charge in [-0.25, -0.2) is 13.2 Å². The molecule has 2 N–H and O–H groups in total. The molecule has 0 unspecified atom stereocenters. The molecule has 1 aromatic rings. The van der Waals surface area contributed by atoms with Crippen LogP contribution < -0.4 is 5.32 Å². The zero-order valence-electron chi connectivity index (χ0n) is 11.4. The van der Waals surface area contributed by atoms with Crippen LogP contribution in [0.4, 0.5) is 0 Å². The largest absolute Gasteiger partial charge is 0.478 e. The highest BCUT2D eigenvalue weighted by Crippen LogP contribution is 2.05. The molecule has 114 valence electrons. The third-order valence-electron chi connectivity index (χ3n) is 2.42. The van der Waals surface area contributed by atoms with Gasteiger partial charge in [-0.2, -0.15) is 0 Å². The zero-order valence-corrected chi connectivity index (χ0v) is 12.3. The number of rotatable bonds is 7. The minimum Gasteiger partial charge on any atom is -0.478 e. The lowest BCUT2D eigenvalue weighted by Crippen LogP contribution is -2.26. The quantitative estimate of drug-likeness (QED) is 0.554. The number of carbonyl (C=O) groups excluding carboxylic acids is 1. The standard InChI is InChI=1S/C13H16N2O5S/c1-21(19,20)6-2-5-15-13(18)11-7-10(8-14-9-11)3-4-12(16)17/h3-4,7-9H,2,5-6H2,1H3,(H,15,18)(H,16,17). The molecule has 0 spiro atoms. The van der Waals surface area contributed by atoms with Crippen LogP contribution in [0.1, 0.15) is 22.3 Å². The number of aliphatic carboxylic acids is 1. The van der Waals surface area contributed by atoms with Crippen LogP contribution in [0.3, 0.4) is 0 Å². The van der Waals surface area contributed by atoms with Gasteiger partial charge < -0.3 is 10.4 Å². The Labute approximate surface area is 122 Å². The molecule has 0 atom stereocenters. The van der Waals surface area contributed by atoms with Gasteiger partial charge in [0.05, 0.1) is 11.3 Å². The maximum absolute atomic E-state index is 11.8. The van der Waals surface area contributed by atoms with Crippen molar-refractivity contribution in [3.63, 3.8) is 0 Å². The van der Waals surface area contributed by atoms with Gasteiger partial charge in [0.1, 0.15) is 9.84 Å². The van der Waals surface area contributed by atoms with Crippen molar-refractivity contribution in [3.05, 3.63) is 35.7 Å². The first-order valence-electron chi connectivity index (χ1n) is 6.10. The molecular formula is C13H16N2O5S. The number of nitrogens with one attached hydrogen (secondary N) is 1. The molecule has 0 fully saturated rings. The minimum absolute atomic E-state index is 0.00686. The topological polar surface area (TPSA) is 113 Å². The average molecular weight is 312 g/mol. The molecule has 7 nitrogen and oxygen atoms in total. The summed E-state index contributed by atoms with van der Waals surface area (Å²) in [5.41, 5.74) is 0.767. The third kappa shape index (κ3) is 7.21. The van der Waals surface area contributed by atoms with Crippen molar-refractivity contribution in [2.45, 2.75) is 6.42 Å². The summed E-state index contributed by atoms with van der Waals surface area (Å²) in [7, 11) is -3.04. The monoisotopic (exact) mass is 312 g/mol. The minimum atomic E-state index is -3.04. The number of nitrogens with zero attached hydrogens (tertiary/aromatic N) is 1. The first-order valence-corrected chi connectivity index (χ1v) is 8.16. The van der Waals surface area contributed by atoms with Crippen molar-refractivity contribution >= 4 is 27.8 Å². The first-order chi connectivity index (χ1) is 9.78. The predicted octanol–water partition coefficient (Wildman–Crippen LogP) is 0.344. The zero-order chi connectivity index (χ0) is 15.9. The molecular weight excluding hydrogens is 296 g/mol. The molecule has 0 aliphatic carbocycles. The lowest BCUT2D eigenvalue weighted by molar-refractivity contribution is -0.131. The number of amides is 1. The highest BCUT2D eigenvalue weighted by molar-refractivity contribution is 7.90. The fourth-order valence-corrected chi connectivity index (χ4v) is 2.15. The fraction of sp³-hybridized carbons (Fsp3) is 0.308. The van der Waals surface area contributed by atoms with E-state index in [-0.39, 0.29) is 23.8 Å². The van der Waals surface area contributed by atoms with Crippen LogP contribution in [-0.2, 0) is 14.6 Å². The van der Waals surface area contributed by atoms with Crippen LogP contribution in [-0.4, -0.2) is 48.9 Å². The lowest BCUT2D eigenvalue weighted by Gasteiger charge is -2.05. The Morgan fingerprint density at radius 2 is 2.10 bits per heavy atom. The SMILES string of the molecule is CS(=O)(=O)CCCNC(=O)c1cncc(C=CC(=O)O)c1. The van der Waals surface area contributed by atoms with Crippen molar-refractivity contribution in [3.8, 4) is 0 Å². The molecule has 0 aliphatic rings. The molecule has 0 aromatic carbocycles. The second-order valence-corrected chi connectivity index (χ2v) is 6.68. The van der Waals surface area contributed by atoms with E-state index in [2.05, 4.69) is 10.3 Å². The summed E-state index contributed by atoms with van der Waals surface area (Å²) in [6, 6.07) is 1.50. The second-order valence-electron chi connectivity index (χ2n) is 4.42. The van der Waals surface area contributed by atoms with Gasteiger partial charge in [0.25, 0.3) is 5.91 Å². The van der Waals surface area contributed by atoms with Crippen LogP contribution in [0.15, 0.2) is 24.5 Å². The van der Waals surface area contributed by atoms with Crippen LogP contribution in [0.5, 0.6) is 0 Å². The molecule has 0 saturated carbocycles. The van der Waals surface area contributed by atoms with Crippen LogP contribution in [0.25, 0.3) is 6.08 Å². The van der Waals surface area contributed by atoms with E-state index < -0.39 is 15.8 Å². The van der Waals surface area contributed by atoms with Crippen LogP contribution >= 0.6 is 0 Å². The summed E-state index contributed by atoms with van der Waals surface area (Å²) in [4.78, 5) is 26.1. The second kappa shape index (κ2) is 7.53. The van der Waals surface area contributed by atoms with E-state index in [0.29, 0.717) is 12.0 Å². The van der Waals surface area contributed by atoms with Gasteiger partial charge in [-0.05, 0) is 24.1 Å². The Hall–Kier alpha value is -2.22. The van der Waals surface area contributed by atoms with Crippen molar-refractivity contribution in [1.29, 1.82) is 0 Å². The van der Waals surface area contributed by atoms with Gasteiger partial charge in [-0.3, -0.25) is 9.78 Å². The highest BCUT2D eigenvalue weighted by Gasteiger charge is 2.07. The summed E-state index contributed by atoms with van der Waals surface area (Å²) >= 11 is 0. The molecule has 8 heteroatoms. The number of aromatic nitrogens is 1. The number of carboxylic acid groups (broad SMARTS) is 1. The fourth-order valence-electron chi connectivity index (χ4n) is 1.48. The normalized spacial score (nSPS) is 11.5. The van der Waals surface area contributed by atoms with Gasteiger partial charge in [0.15, 0.2) is 0 Å². The number of carbonyl (C=O) groups is 2. The van der Waals surface area contributed by atoms with E-state index in [1.807, 2.05) is 0 Å². The van der Waals surface area contributed by atoms with Gasteiger partial charge in [-0.15, -0.1) is 0 Å². The van der Waals surface area contributed by atoms with Gasteiger partial charge in [0.2, 0.25) is 0 Å². The number of pyridine rings is 1. The van der Waals surface area contributed by atoms with E-state index in [1.165, 1.54) is 24.5 Å². The maximum atomic E-state index is 11.8. The van der Waals surface area contributed by atoms with Crippen molar-refractivity contribution in [2.24, 2.45) is 0 Å². The molecule has 0 radical (unpaired) electrons. The van der Waals surface area contributed by atoms with Gasteiger partial charge >= 0.3 is 5.97 Å². The Balaban J connectivity index is 2.58. The summed E-state index contributed by atoms with van der Waals surface area (Å²) in [6.07, 6.45) is 6.53. The number of hydrogen-bond donors (Lipinski definition) is 2. The van der Waals surface area contributed by atoms with Crippen molar-refractivity contribution in [2.75, 3.05) is 18.6 Å². The van der Waals surface area contributed by atoms with Crippen LogP contribution in [0.2, 0.25) is 0 Å². The van der Waals surface area contributed by atoms with E-state index >= 15 is 0 Å². The van der Waals surface area contributed by atoms with E-state index in [0.717, 1.165) is 12.3 Å².